The molecule has 0 radical (unpaired) electrons. The van der Waals surface area contributed by atoms with Gasteiger partial charge in [0.25, 0.3) is 5.91 Å². The molecule has 19 heavy (non-hydrogen) atoms. The summed E-state index contributed by atoms with van der Waals surface area (Å²) in [6, 6.07) is 9.29. The van der Waals surface area contributed by atoms with E-state index in [0.29, 0.717) is 16.8 Å². The van der Waals surface area contributed by atoms with Crippen LogP contribution in [0.4, 0.5) is 14.5 Å². The molecule has 0 atom stereocenters. The van der Waals surface area contributed by atoms with Gasteiger partial charge in [-0.25, -0.2) is 8.78 Å². The van der Waals surface area contributed by atoms with Crippen molar-refractivity contribution in [2.45, 2.75) is 6.54 Å². The maximum absolute atomic E-state index is 13.2. The molecule has 3 N–H and O–H groups in total. The van der Waals surface area contributed by atoms with Gasteiger partial charge in [0.05, 0.1) is 0 Å². The third kappa shape index (κ3) is 3.14. The van der Waals surface area contributed by atoms with E-state index in [1.807, 2.05) is 0 Å². The van der Waals surface area contributed by atoms with E-state index in [9.17, 15) is 13.6 Å². The standard InChI is InChI=1S/C14H12F2N2O/c15-11-3-1-9(2-4-11)14(19)18-12-5-6-13(16)10(7-12)8-17/h1-7H,8,17H2,(H,18,19). The summed E-state index contributed by atoms with van der Waals surface area (Å²) >= 11 is 0. The maximum Gasteiger partial charge on any atom is 0.255 e. The Morgan fingerprint density at radius 3 is 2.42 bits per heavy atom. The predicted octanol–water partition coefficient (Wildman–Crippen LogP) is 2.68. The van der Waals surface area contributed by atoms with Crippen LogP contribution in [0.25, 0.3) is 0 Å². The number of carbonyl (C=O) groups excluding carboxylic acids is 1. The predicted molar refractivity (Wildman–Crippen MR) is 68.6 cm³/mol. The molecule has 2 aromatic rings. The van der Waals surface area contributed by atoms with E-state index in [2.05, 4.69) is 5.32 Å². The number of anilines is 1. The molecule has 98 valence electrons. The van der Waals surface area contributed by atoms with Crippen molar-refractivity contribution in [1.82, 2.24) is 0 Å². The van der Waals surface area contributed by atoms with Gasteiger partial charge < -0.3 is 11.1 Å². The highest BCUT2D eigenvalue weighted by atomic mass is 19.1. The van der Waals surface area contributed by atoms with Crippen LogP contribution in [0.2, 0.25) is 0 Å². The molecule has 0 aliphatic rings. The quantitative estimate of drug-likeness (QED) is 0.893. The van der Waals surface area contributed by atoms with Crippen LogP contribution in [-0.4, -0.2) is 5.91 Å². The van der Waals surface area contributed by atoms with Gasteiger partial charge in [-0.1, -0.05) is 0 Å². The van der Waals surface area contributed by atoms with Gasteiger partial charge in [0.2, 0.25) is 0 Å². The minimum Gasteiger partial charge on any atom is -0.326 e. The molecule has 0 aliphatic carbocycles. The fourth-order valence-corrected chi connectivity index (χ4v) is 1.61. The second-order valence-corrected chi connectivity index (χ2v) is 3.97. The van der Waals surface area contributed by atoms with E-state index >= 15 is 0 Å². The van der Waals surface area contributed by atoms with Crippen LogP contribution in [0.15, 0.2) is 42.5 Å². The Morgan fingerprint density at radius 1 is 1.11 bits per heavy atom. The number of hydrogen-bond donors (Lipinski definition) is 2. The summed E-state index contributed by atoms with van der Waals surface area (Å²) < 4.78 is 26.0. The zero-order chi connectivity index (χ0) is 13.8. The zero-order valence-corrected chi connectivity index (χ0v) is 9.99. The summed E-state index contributed by atoms with van der Waals surface area (Å²) in [5.74, 6) is -1.22. The van der Waals surface area contributed by atoms with Gasteiger partial charge in [-0.05, 0) is 42.5 Å². The molecule has 0 aliphatic heterocycles. The minimum absolute atomic E-state index is 0.0477. The van der Waals surface area contributed by atoms with Crippen LogP contribution in [0.5, 0.6) is 0 Å². The normalized spacial score (nSPS) is 10.3. The first-order valence-corrected chi connectivity index (χ1v) is 5.65. The van der Waals surface area contributed by atoms with Crippen molar-refractivity contribution in [2.24, 2.45) is 5.73 Å². The van der Waals surface area contributed by atoms with Gasteiger partial charge in [0.1, 0.15) is 11.6 Å². The van der Waals surface area contributed by atoms with Gasteiger partial charge in [0.15, 0.2) is 0 Å². The van der Waals surface area contributed by atoms with E-state index < -0.39 is 17.5 Å². The molecule has 0 saturated carbocycles. The van der Waals surface area contributed by atoms with E-state index in [4.69, 9.17) is 5.73 Å². The number of halogens is 2. The lowest BCUT2D eigenvalue weighted by Crippen LogP contribution is -2.12. The minimum atomic E-state index is -0.415. The first kappa shape index (κ1) is 13.2. The van der Waals surface area contributed by atoms with E-state index in [-0.39, 0.29) is 6.54 Å². The molecular formula is C14H12F2N2O. The lowest BCUT2D eigenvalue weighted by atomic mass is 10.1. The maximum atomic E-state index is 13.2. The Bertz CT molecular complexity index is 597. The van der Waals surface area contributed by atoms with E-state index in [1.54, 1.807) is 0 Å². The largest absolute Gasteiger partial charge is 0.326 e. The number of rotatable bonds is 3. The highest BCUT2D eigenvalue weighted by Crippen LogP contribution is 2.15. The van der Waals surface area contributed by atoms with Crippen molar-refractivity contribution in [3.8, 4) is 0 Å². The van der Waals surface area contributed by atoms with Gasteiger partial charge >= 0.3 is 0 Å². The summed E-state index contributed by atoms with van der Waals surface area (Å²) in [7, 11) is 0. The lowest BCUT2D eigenvalue weighted by molar-refractivity contribution is 0.102. The topological polar surface area (TPSA) is 55.1 Å². The number of amides is 1. The van der Waals surface area contributed by atoms with Gasteiger partial charge in [-0.2, -0.15) is 0 Å². The number of nitrogens with one attached hydrogen (secondary N) is 1. The van der Waals surface area contributed by atoms with Crippen molar-refractivity contribution in [3.05, 3.63) is 65.2 Å². The third-order valence-corrected chi connectivity index (χ3v) is 2.63. The second kappa shape index (κ2) is 5.58. The molecule has 0 fully saturated rings. The van der Waals surface area contributed by atoms with Gasteiger partial charge in [-0.15, -0.1) is 0 Å². The molecule has 1 amide bonds. The molecule has 0 saturated heterocycles. The van der Waals surface area contributed by atoms with E-state index in [0.717, 1.165) is 0 Å². The van der Waals surface area contributed by atoms with Crippen molar-refractivity contribution in [3.63, 3.8) is 0 Å². The van der Waals surface area contributed by atoms with Crippen molar-refractivity contribution < 1.29 is 13.6 Å². The summed E-state index contributed by atoms with van der Waals surface area (Å²) in [5, 5.41) is 2.60. The molecule has 0 spiro atoms. The first-order chi connectivity index (χ1) is 9.10. The molecule has 2 aromatic carbocycles. The fraction of sp³-hybridized carbons (Fsp3) is 0.0714. The Kier molecular flexibility index (Phi) is 3.87. The van der Waals surface area contributed by atoms with E-state index in [1.165, 1.54) is 42.5 Å². The Balaban J connectivity index is 2.17. The van der Waals surface area contributed by atoms with Crippen LogP contribution in [-0.2, 0) is 6.54 Å². The Labute approximate surface area is 109 Å². The molecule has 0 heterocycles. The number of hydrogen-bond acceptors (Lipinski definition) is 2. The Hall–Kier alpha value is -2.27. The third-order valence-electron chi connectivity index (χ3n) is 2.63. The van der Waals surface area contributed by atoms with Crippen LogP contribution >= 0.6 is 0 Å². The molecule has 2 rings (SSSR count). The average Bonchev–Trinajstić information content (AvgIpc) is 2.41. The van der Waals surface area contributed by atoms with Gasteiger partial charge in [0, 0.05) is 23.4 Å². The van der Waals surface area contributed by atoms with Crippen LogP contribution in [0, 0.1) is 11.6 Å². The molecule has 0 bridgehead atoms. The molecule has 0 unspecified atom stereocenters. The highest BCUT2D eigenvalue weighted by Gasteiger charge is 2.08. The van der Waals surface area contributed by atoms with Crippen molar-refractivity contribution in [2.75, 3.05) is 5.32 Å². The highest BCUT2D eigenvalue weighted by molar-refractivity contribution is 6.04. The van der Waals surface area contributed by atoms with Crippen molar-refractivity contribution >= 4 is 11.6 Å². The molecule has 3 nitrogen and oxygen atoms in total. The zero-order valence-electron chi connectivity index (χ0n) is 9.99. The number of carbonyl (C=O) groups is 1. The molecular weight excluding hydrogens is 250 g/mol. The lowest BCUT2D eigenvalue weighted by Gasteiger charge is -2.07. The smallest absolute Gasteiger partial charge is 0.255 e. The first-order valence-electron chi connectivity index (χ1n) is 5.65. The van der Waals surface area contributed by atoms with Crippen LogP contribution in [0.3, 0.4) is 0 Å². The monoisotopic (exact) mass is 262 g/mol. The summed E-state index contributed by atoms with van der Waals surface area (Å²) in [6.45, 7) is 0.0477. The summed E-state index contributed by atoms with van der Waals surface area (Å²) in [4.78, 5) is 11.9. The molecule has 5 heteroatoms. The van der Waals surface area contributed by atoms with Gasteiger partial charge in [-0.3, -0.25) is 4.79 Å². The van der Waals surface area contributed by atoms with Crippen LogP contribution < -0.4 is 11.1 Å². The Morgan fingerprint density at radius 2 is 1.79 bits per heavy atom. The van der Waals surface area contributed by atoms with Crippen molar-refractivity contribution in [1.29, 1.82) is 0 Å². The average molecular weight is 262 g/mol. The fourth-order valence-electron chi connectivity index (χ4n) is 1.61. The second-order valence-electron chi connectivity index (χ2n) is 3.97. The number of nitrogens with two attached hydrogens (primary N) is 1. The number of benzene rings is 2. The SMILES string of the molecule is NCc1cc(NC(=O)c2ccc(F)cc2)ccc1F. The summed E-state index contributed by atoms with van der Waals surface area (Å²) in [5.41, 5.74) is 6.46. The van der Waals surface area contributed by atoms with Crippen LogP contribution in [0.1, 0.15) is 15.9 Å². The molecule has 0 aromatic heterocycles. The summed E-state index contributed by atoms with van der Waals surface area (Å²) in [6.07, 6.45) is 0.